The number of amides is 1. The summed E-state index contributed by atoms with van der Waals surface area (Å²) in [5.41, 5.74) is 1.38. The molecule has 0 atom stereocenters. The number of nitriles is 1. The van der Waals surface area contributed by atoms with Gasteiger partial charge >= 0.3 is 0 Å². The minimum Gasteiger partial charge on any atom is -0.490 e. The van der Waals surface area contributed by atoms with Crippen LogP contribution in [0.3, 0.4) is 0 Å². The lowest BCUT2D eigenvalue weighted by Gasteiger charge is -2.15. The standard InChI is InChI=1S/C25H18Cl4N2O3/c1-2-33-22-12-15(11-20(28)24(22)34-14-16-6-3-4-7-18(16)26)10-17(13-30)25(32)31-21-9-5-8-19(27)23(21)29/h3-12H,2,14H2,1H3,(H,31,32)/b17-10-. The molecule has 0 saturated carbocycles. The highest BCUT2D eigenvalue weighted by atomic mass is 35.5. The average molecular weight is 536 g/mol. The van der Waals surface area contributed by atoms with Crippen LogP contribution in [0.4, 0.5) is 5.69 Å². The number of nitrogens with one attached hydrogen (secondary N) is 1. The van der Waals surface area contributed by atoms with Crippen molar-refractivity contribution in [1.82, 2.24) is 0 Å². The van der Waals surface area contributed by atoms with E-state index in [1.54, 1.807) is 36.4 Å². The van der Waals surface area contributed by atoms with Crippen LogP contribution in [0, 0.1) is 11.3 Å². The Morgan fingerprint density at radius 1 is 1.00 bits per heavy atom. The second-order valence-corrected chi connectivity index (χ2v) is 8.47. The Balaban J connectivity index is 1.87. The topological polar surface area (TPSA) is 71.3 Å². The molecule has 0 radical (unpaired) electrons. The van der Waals surface area contributed by atoms with E-state index < -0.39 is 5.91 Å². The van der Waals surface area contributed by atoms with Gasteiger partial charge in [-0.2, -0.15) is 5.26 Å². The fourth-order valence-corrected chi connectivity index (χ4v) is 3.76. The van der Waals surface area contributed by atoms with Crippen LogP contribution in [-0.2, 0) is 11.4 Å². The van der Waals surface area contributed by atoms with Crippen LogP contribution in [0.2, 0.25) is 20.1 Å². The molecule has 0 fully saturated rings. The maximum Gasteiger partial charge on any atom is 0.266 e. The van der Waals surface area contributed by atoms with E-state index in [-0.39, 0.29) is 32.9 Å². The Bertz CT molecular complexity index is 1290. The highest BCUT2D eigenvalue weighted by Crippen LogP contribution is 2.38. The Morgan fingerprint density at radius 2 is 1.74 bits per heavy atom. The van der Waals surface area contributed by atoms with Crippen LogP contribution in [0.1, 0.15) is 18.1 Å². The Morgan fingerprint density at radius 3 is 2.44 bits per heavy atom. The molecule has 3 rings (SSSR count). The highest BCUT2D eigenvalue weighted by Gasteiger charge is 2.16. The van der Waals surface area contributed by atoms with Gasteiger partial charge in [0.15, 0.2) is 11.5 Å². The van der Waals surface area contributed by atoms with Gasteiger partial charge in [-0.3, -0.25) is 4.79 Å². The first-order chi connectivity index (χ1) is 16.3. The molecule has 0 aliphatic rings. The Kier molecular flexibility index (Phi) is 9.09. The van der Waals surface area contributed by atoms with Gasteiger partial charge in [0.05, 0.1) is 27.4 Å². The summed E-state index contributed by atoms with van der Waals surface area (Å²) in [5.74, 6) is 0.0398. The second kappa shape index (κ2) is 12.0. The number of hydrogen-bond donors (Lipinski definition) is 1. The lowest BCUT2D eigenvalue weighted by molar-refractivity contribution is -0.112. The number of nitrogens with zero attached hydrogens (tertiary/aromatic N) is 1. The molecule has 0 aliphatic carbocycles. The van der Waals surface area contributed by atoms with Crippen molar-refractivity contribution in [3.05, 3.63) is 91.4 Å². The first-order valence-electron chi connectivity index (χ1n) is 10.0. The van der Waals surface area contributed by atoms with Gasteiger partial charge in [0.2, 0.25) is 0 Å². The smallest absolute Gasteiger partial charge is 0.266 e. The van der Waals surface area contributed by atoms with E-state index in [9.17, 15) is 10.1 Å². The predicted octanol–water partition coefficient (Wildman–Crippen LogP) is 7.82. The number of benzene rings is 3. The second-order valence-electron chi connectivity index (χ2n) is 6.87. The summed E-state index contributed by atoms with van der Waals surface area (Å²) in [4.78, 5) is 12.7. The normalized spacial score (nSPS) is 11.0. The molecular weight excluding hydrogens is 518 g/mol. The molecule has 5 nitrogen and oxygen atoms in total. The molecule has 0 saturated heterocycles. The summed E-state index contributed by atoms with van der Waals surface area (Å²) in [7, 11) is 0. The molecule has 34 heavy (non-hydrogen) atoms. The molecule has 0 bridgehead atoms. The molecule has 1 amide bonds. The minimum absolute atomic E-state index is 0.167. The van der Waals surface area contributed by atoms with Crippen molar-refractivity contribution in [3.63, 3.8) is 0 Å². The zero-order chi connectivity index (χ0) is 24.7. The Labute approximate surface area is 217 Å². The molecule has 0 spiro atoms. The van der Waals surface area contributed by atoms with E-state index in [1.165, 1.54) is 6.08 Å². The lowest BCUT2D eigenvalue weighted by atomic mass is 10.1. The number of carbonyl (C=O) groups excluding carboxylic acids is 1. The van der Waals surface area contributed by atoms with Crippen LogP contribution in [0.25, 0.3) is 6.08 Å². The van der Waals surface area contributed by atoms with Crippen molar-refractivity contribution in [1.29, 1.82) is 5.26 Å². The first-order valence-corrected chi connectivity index (χ1v) is 11.5. The minimum atomic E-state index is -0.653. The fourth-order valence-electron chi connectivity index (χ4n) is 2.94. The van der Waals surface area contributed by atoms with Gasteiger partial charge in [-0.25, -0.2) is 0 Å². The molecule has 1 N–H and O–H groups in total. The SMILES string of the molecule is CCOc1cc(/C=C(/C#N)C(=O)Nc2cccc(Cl)c2Cl)cc(Cl)c1OCc1ccccc1Cl. The summed E-state index contributed by atoms with van der Waals surface area (Å²) in [6, 6.07) is 17.2. The number of ether oxygens (including phenoxy) is 2. The van der Waals surface area contributed by atoms with Crippen molar-refractivity contribution in [3.8, 4) is 17.6 Å². The fraction of sp³-hybridized carbons (Fsp3) is 0.120. The maximum atomic E-state index is 12.7. The summed E-state index contributed by atoms with van der Waals surface area (Å²) in [6.07, 6.45) is 1.39. The zero-order valence-corrected chi connectivity index (χ0v) is 20.9. The molecule has 0 aromatic heterocycles. The largest absolute Gasteiger partial charge is 0.490 e. The molecule has 3 aromatic rings. The van der Waals surface area contributed by atoms with Crippen molar-refractivity contribution < 1.29 is 14.3 Å². The number of carbonyl (C=O) groups is 1. The first kappa shape index (κ1) is 25.7. The van der Waals surface area contributed by atoms with Crippen molar-refractivity contribution in [2.45, 2.75) is 13.5 Å². The molecule has 0 aliphatic heterocycles. The zero-order valence-electron chi connectivity index (χ0n) is 17.9. The predicted molar refractivity (Wildman–Crippen MR) is 137 cm³/mol. The van der Waals surface area contributed by atoms with Crippen LogP contribution in [-0.4, -0.2) is 12.5 Å². The molecule has 3 aromatic carbocycles. The third-order valence-corrected chi connectivity index (χ3v) is 6.01. The van der Waals surface area contributed by atoms with E-state index in [0.717, 1.165) is 5.56 Å². The van der Waals surface area contributed by atoms with Gasteiger partial charge in [0, 0.05) is 10.6 Å². The molecule has 174 valence electrons. The van der Waals surface area contributed by atoms with E-state index in [2.05, 4.69) is 5.32 Å². The van der Waals surface area contributed by atoms with Crippen LogP contribution in [0.5, 0.6) is 11.5 Å². The average Bonchev–Trinajstić information content (AvgIpc) is 2.81. The number of halogens is 4. The summed E-state index contributed by atoms with van der Waals surface area (Å²) in [5, 5.41) is 13.4. The summed E-state index contributed by atoms with van der Waals surface area (Å²) in [6.45, 7) is 2.35. The van der Waals surface area contributed by atoms with E-state index >= 15 is 0 Å². The van der Waals surface area contributed by atoms with Crippen LogP contribution < -0.4 is 14.8 Å². The number of rotatable bonds is 8. The summed E-state index contributed by atoms with van der Waals surface area (Å²) >= 11 is 24.8. The van der Waals surface area contributed by atoms with Gasteiger partial charge < -0.3 is 14.8 Å². The van der Waals surface area contributed by atoms with E-state index in [1.807, 2.05) is 31.2 Å². The van der Waals surface area contributed by atoms with E-state index in [4.69, 9.17) is 55.9 Å². The van der Waals surface area contributed by atoms with Gasteiger partial charge in [-0.05, 0) is 48.9 Å². The molecule has 9 heteroatoms. The highest BCUT2D eigenvalue weighted by molar-refractivity contribution is 6.44. The van der Waals surface area contributed by atoms with Gasteiger partial charge in [0.1, 0.15) is 18.2 Å². The maximum absolute atomic E-state index is 12.7. The van der Waals surface area contributed by atoms with Gasteiger partial charge in [-0.1, -0.05) is 70.7 Å². The molecular formula is C25H18Cl4N2O3. The van der Waals surface area contributed by atoms with Crippen LogP contribution >= 0.6 is 46.4 Å². The van der Waals surface area contributed by atoms with Crippen molar-refractivity contribution in [2.75, 3.05) is 11.9 Å². The summed E-state index contributed by atoms with van der Waals surface area (Å²) < 4.78 is 11.6. The van der Waals surface area contributed by atoms with Gasteiger partial charge in [-0.15, -0.1) is 0 Å². The monoisotopic (exact) mass is 534 g/mol. The number of hydrogen-bond acceptors (Lipinski definition) is 4. The third-order valence-electron chi connectivity index (χ3n) is 4.54. The molecule has 0 unspecified atom stereocenters. The van der Waals surface area contributed by atoms with E-state index in [0.29, 0.717) is 28.7 Å². The van der Waals surface area contributed by atoms with Crippen molar-refractivity contribution in [2.24, 2.45) is 0 Å². The Hall–Kier alpha value is -2.88. The van der Waals surface area contributed by atoms with Gasteiger partial charge in [0.25, 0.3) is 5.91 Å². The number of anilines is 1. The van der Waals surface area contributed by atoms with Crippen molar-refractivity contribution >= 4 is 64.1 Å². The lowest BCUT2D eigenvalue weighted by Crippen LogP contribution is -2.13. The third kappa shape index (κ3) is 6.37. The quantitative estimate of drug-likeness (QED) is 0.235. The molecule has 0 heterocycles. The van der Waals surface area contributed by atoms with Crippen LogP contribution in [0.15, 0.2) is 60.2 Å².